The highest BCUT2D eigenvalue weighted by atomic mass is 16.5. The highest BCUT2D eigenvalue weighted by Crippen LogP contribution is 2.32. The summed E-state index contributed by atoms with van der Waals surface area (Å²) in [5.74, 6) is -1.91. The van der Waals surface area contributed by atoms with Crippen molar-refractivity contribution in [3.05, 3.63) is 23.8 Å². The third-order valence-corrected chi connectivity index (χ3v) is 2.42. The number of nitrogens with one attached hydrogen (secondary N) is 1. The van der Waals surface area contributed by atoms with Gasteiger partial charge in [0.05, 0.1) is 6.61 Å². The van der Waals surface area contributed by atoms with Crippen LogP contribution in [-0.2, 0) is 4.79 Å². The van der Waals surface area contributed by atoms with Crippen molar-refractivity contribution in [2.24, 2.45) is 5.73 Å². The summed E-state index contributed by atoms with van der Waals surface area (Å²) in [5, 5.41) is 11.0. The molecule has 1 unspecified atom stereocenters. The molecule has 0 saturated heterocycles. The van der Waals surface area contributed by atoms with Crippen LogP contribution in [0.5, 0.6) is 11.5 Å². The van der Waals surface area contributed by atoms with E-state index in [1.54, 1.807) is 6.92 Å². The Labute approximate surface area is 120 Å². The van der Waals surface area contributed by atoms with Crippen molar-refractivity contribution in [1.82, 2.24) is 5.32 Å². The number of amides is 3. The van der Waals surface area contributed by atoms with Gasteiger partial charge in [-0.05, 0) is 26.0 Å². The quantitative estimate of drug-likeness (QED) is 0.710. The van der Waals surface area contributed by atoms with Gasteiger partial charge in [0.2, 0.25) is 0 Å². The zero-order valence-corrected chi connectivity index (χ0v) is 11.6. The zero-order chi connectivity index (χ0) is 16.0. The maximum atomic E-state index is 11.6. The van der Waals surface area contributed by atoms with Gasteiger partial charge in [0.25, 0.3) is 5.91 Å². The maximum absolute atomic E-state index is 11.6. The summed E-state index contributed by atoms with van der Waals surface area (Å²) in [7, 11) is 0. The molecular formula is C13H16N2O6. The molecule has 3 amide bonds. The van der Waals surface area contributed by atoms with E-state index in [9.17, 15) is 14.4 Å². The molecule has 0 bridgehead atoms. The summed E-state index contributed by atoms with van der Waals surface area (Å²) in [6.07, 6.45) is -1.13. The number of rotatable bonds is 6. The molecule has 1 aromatic carbocycles. The maximum Gasteiger partial charge on any atom is 0.339 e. The fraction of sp³-hybridized carbons (Fsp3) is 0.308. The number of carbonyl (C=O) groups is 3. The Morgan fingerprint density at radius 3 is 2.57 bits per heavy atom. The number of hydrogen-bond donors (Lipinski definition) is 3. The zero-order valence-electron chi connectivity index (χ0n) is 11.6. The van der Waals surface area contributed by atoms with E-state index in [2.05, 4.69) is 0 Å². The molecule has 0 aliphatic heterocycles. The first-order valence-electron chi connectivity index (χ1n) is 6.12. The van der Waals surface area contributed by atoms with Crippen LogP contribution in [-0.4, -0.2) is 35.7 Å². The minimum Gasteiger partial charge on any atom is -0.490 e. The number of carboxylic acid groups (broad SMARTS) is 1. The van der Waals surface area contributed by atoms with Crippen molar-refractivity contribution in [2.45, 2.75) is 20.0 Å². The summed E-state index contributed by atoms with van der Waals surface area (Å²) in [6.45, 7) is 3.37. The smallest absolute Gasteiger partial charge is 0.339 e. The normalized spacial score (nSPS) is 11.3. The molecule has 4 N–H and O–H groups in total. The molecule has 0 aliphatic carbocycles. The van der Waals surface area contributed by atoms with E-state index in [1.165, 1.54) is 25.1 Å². The number of aromatic carboxylic acids is 1. The molecule has 0 radical (unpaired) electrons. The van der Waals surface area contributed by atoms with Gasteiger partial charge in [-0.2, -0.15) is 0 Å². The molecule has 8 nitrogen and oxygen atoms in total. The van der Waals surface area contributed by atoms with Crippen LogP contribution in [0.3, 0.4) is 0 Å². The first-order chi connectivity index (χ1) is 9.86. The lowest BCUT2D eigenvalue weighted by Gasteiger charge is -2.18. The average Bonchev–Trinajstić information content (AvgIpc) is 2.39. The number of urea groups is 1. The van der Waals surface area contributed by atoms with E-state index in [4.69, 9.17) is 20.3 Å². The number of hydrogen-bond acceptors (Lipinski definition) is 5. The number of carbonyl (C=O) groups excluding carboxylic acids is 2. The van der Waals surface area contributed by atoms with Crippen LogP contribution in [0.2, 0.25) is 0 Å². The molecule has 1 atom stereocenters. The van der Waals surface area contributed by atoms with Gasteiger partial charge in [0.15, 0.2) is 17.6 Å². The van der Waals surface area contributed by atoms with Crippen molar-refractivity contribution < 1.29 is 29.0 Å². The van der Waals surface area contributed by atoms with Crippen LogP contribution >= 0.6 is 0 Å². The lowest BCUT2D eigenvalue weighted by molar-refractivity contribution is -0.126. The van der Waals surface area contributed by atoms with E-state index < -0.39 is 24.0 Å². The second kappa shape index (κ2) is 7.13. The number of ether oxygens (including phenoxy) is 2. The number of benzene rings is 1. The molecule has 1 rings (SSSR count). The largest absolute Gasteiger partial charge is 0.490 e. The van der Waals surface area contributed by atoms with Crippen LogP contribution in [0.4, 0.5) is 4.79 Å². The molecule has 1 aromatic rings. The fourth-order valence-electron chi connectivity index (χ4n) is 1.53. The van der Waals surface area contributed by atoms with Crippen molar-refractivity contribution in [3.63, 3.8) is 0 Å². The van der Waals surface area contributed by atoms with Crippen LogP contribution in [0.15, 0.2) is 18.2 Å². The summed E-state index contributed by atoms with van der Waals surface area (Å²) in [6, 6.07) is 3.31. The SMILES string of the molecule is CCOc1cccc(C(=O)O)c1OC(C)C(=O)NC(N)=O. The van der Waals surface area contributed by atoms with Crippen molar-refractivity contribution >= 4 is 17.9 Å². The number of para-hydroxylation sites is 1. The molecule has 0 fully saturated rings. The second-order valence-electron chi connectivity index (χ2n) is 3.98. The van der Waals surface area contributed by atoms with Gasteiger partial charge in [-0.25, -0.2) is 9.59 Å². The third kappa shape index (κ3) is 4.37. The van der Waals surface area contributed by atoms with E-state index in [1.807, 2.05) is 5.32 Å². The summed E-state index contributed by atoms with van der Waals surface area (Å²) in [5.41, 5.74) is 4.68. The predicted octanol–water partition coefficient (Wildman–Crippen LogP) is 0.746. The molecular weight excluding hydrogens is 280 g/mol. The average molecular weight is 296 g/mol. The van der Waals surface area contributed by atoms with Crippen molar-refractivity contribution in [1.29, 1.82) is 0 Å². The molecule has 21 heavy (non-hydrogen) atoms. The number of imide groups is 1. The Hall–Kier alpha value is -2.77. The van der Waals surface area contributed by atoms with Gasteiger partial charge in [-0.15, -0.1) is 0 Å². The van der Waals surface area contributed by atoms with Gasteiger partial charge in [0, 0.05) is 0 Å². The van der Waals surface area contributed by atoms with Crippen LogP contribution < -0.4 is 20.5 Å². The molecule has 0 heterocycles. The number of primary amides is 1. The number of carboxylic acids is 1. The summed E-state index contributed by atoms with van der Waals surface area (Å²) in [4.78, 5) is 33.4. The molecule has 0 aromatic heterocycles. The Bertz CT molecular complexity index is 558. The van der Waals surface area contributed by atoms with Crippen LogP contribution in [0.1, 0.15) is 24.2 Å². The van der Waals surface area contributed by atoms with E-state index in [0.717, 1.165) is 0 Å². The van der Waals surface area contributed by atoms with Gasteiger partial charge in [-0.1, -0.05) is 6.07 Å². The lowest BCUT2D eigenvalue weighted by Crippen LogP contribution is -2.42. The Morgan fingerprint density at radius 1 is 1.38 bits per heavy atom. The predicted molar refractivity (Wildman–Crippen MR) is 72.4 cm³/mol. The van der Waals surface area contributed by atoms with E-state index >= 15 is 0 Å². The molecule has 114 valence electrons. The summed E-state index contributed by atoms with van der Waals surface area (Å²) >= 11 is 0. The van der Waals surface area contributed by atoms with Crippen LogP contribution in [0, 0.1) is 0 Å². The minimum absolute atomic E-state index is 0.0843. The first-order valence-corrected chi connectivity index (χ1v) is 6.12. The molecule has 0 spiro atoms. The second-order valence-corrected chi connectivity index (χ2v) is 3.98. The third-order valence-electron chi connectivity index (χ3n) is 2.42. The van der Waals surface area contributed by atoms with Crippen molar-refractivity contribution in [3.8, 4) is 11.5 Å². The van der Waals surface area contributed by atoms with Gasteiger partial charge >= 0.3 is 12.0 Å². The Morgan fingerprint density at radius 2 is 2.05 bits per heavy atom. The van der Waals surface area contributed by atoms with E-state index in [-0.39, 0.29) is 17.1 Å². The van der Waals surface area contributed by atoms with Gasteiger partial charge in [0.1, 0.15) is 5.56 Å². The monoisotopic (exact) mass is 296 g/mol. The molecule has 0 aliphatic rings. The van der Waals surface area contributed by atoms with Crippen LogP contribution in [0.25, 0.3) is 0 Å². The lowest BCUT2D eigenvalue weighted by atomic mass is 10.2. The molecule has 8 heteroatoms. The van der Waals surface area contributed by atoms with Gasteiger partial charge in [-0.3, -0.25) is 10.1 Å². The van der Waals surface area contributed by atoms with Crippen molar-refractivity contribution in [2.75, 3.05) is 6.61 Å². The van der Waals surface area contributed by atoms with Gasteiger partial charge < -0.3 is 20.3 Å². The Balaban J connectivity index is 3.06. The van der Waals surface area contributed by atoms with E-state index in [0.29, 0.717) is 6.61 Å². The highest BCUT2D eigenvalue weighted by molar-refractivity contribution is 5.96. The summed E-state index contributed by atoms with van der Waals surface area (Å²) < 4.78 is 10.6. The first kappa shape index (κ1) is 16.3. The topological polar surface area (TPSA) is 128 Å². The fourth-order valence-corrected chi connectivity index (χ4v) is 1.53. The molecule has 0 saturated carbocycles. The number of nitrogens with two attached hydrogens (primary N) is 1. The Kier molecular flexibility index (Phi) is 5.53. The standard InChI is InChI=1S/C13H16N2O6/c1-3-20-9-6-4-5-8(12(17)18)10(9)21-7(2)11(16)15-13(14)19/h4-7H,3H2,1-2H3,(H,17,18)(H3,14,15,16,19). The minimum atomic E-state index is -1.23. The highest BCUT2D eigenvalue weighted by Gasteiger charge is 2.22.